The number of ether oxygens (including phenoxy) is 2. The van der Waals surface area contributed by atoms with Crippen LogP contribution in [0.25, 0.3) is 0 Å². The van der Waals surface area contributed by atoms with Crippen LogP contribution in [0.5, 0.6) is 5.75 Å². The number of aryl methyl sites for hydroxylation is 1. The molecule has 28 heavy (non-hydrogen) atoms. The molecular weight excluding hydrogens is 380 g/mol. The van der Waals surface area contributed by atoms with Crippen molar-refractivity contribution in [3.8, 4) is 5.75 Å². The van der Waals surface area contributed by atoms with Gasteiger partial charge in [-0.2, -0.15) is 0 Å². The molecule has 0 spiro atoms. The zero-order chi connectivity index (χ0) is 20.8. The third-order valence-electron chi connectivity index (χ3n) is 4.16. The first-order valence-corrected chi connectivity index (χ1v) is 9.53. The summed E-state index contributed by atoms with van der Waals surface area (Å²) >= 11 is 1.30. The Balaban J connectivity index is 1.99. The third kappa shape index (κ3) is 5.32. The summed E-state index contributed by atoms with van der Waals surface area (Å²) in [6.07, 6.45) is -0.976. The summed E-state index contributed by atoms with van der Waals surface area (Å²) in [6, 6.07) is 7.28. The van der Waals surface area contributed by atoms with Gasteiger partial charge in [0.05, 0.1) is 12.7 Å². The standard InChI is InChI=1S/C20H24N2O5S/c1-11-13(3)28-19(22-14(4)23)17(11)20(25)27-12(2)18(24)21-10-15-6-8-16(26-5)9-7-15/h6-9,12H,10H2,1-5H3,(H,21,24)(H,22,23)/t12-/m1/s1. The van der Waals surface area contributed by atoms with Gasteiger partial charge in [0.15, 0.2) is 6.10 Å². The fourth-order valence-electron chi connectivity index (χ4n) is 2.47. The van der Waals surface area contributed by atoms with E-state index < -0.39 is 18.0 Å². The highest BCUT2D eigenvalue weighted by atomic mass is 32.1. The van der Waals surface area contributed by atoms with Crippen molar-refractivity contribution in [1.82, 2.24) is 5.32 Å². The molecule has 7 nitrogen and oxygen atoms in total. The Morgan fingerprint density at radius 1 is 1.14 bits per heavy atom. The number of thiophene rings is 1. The second-order valence-corrected chi connectivity index (χ2v) is 7.51. The van der Waals surface area contributed by atoms with E-state index >= 15 is 0 Å². The number of esters is 1. The van der Waals surface area contributed by atoms with Crippen molar-refractivity contribution < 1.29 is 23.9 Å². The third-order valence-corrected chi connectivity index (χ3v) is 5.28. The lowest BCUT2D eigenvalue weighted by Crippen LogP contribution is -2.35. The first-order chi connectivity index (χ1) is 13.2. The predicted octanol–water partition coefficient (Wildman–Crippen LogP) is 3.19. The second kappa shape index (κ2) is 9.36. The molecule has 0 radical (unpaired) electrons. The highest BCUT2D eigenvalue weighted by molar-refractivity contribution is 7.16. The number of hydrogen-bond acceptors (Lipinski definition) is 6. The van der Waals surface area contributed by atoms with Crippen LogP contribution in [0.1, 0.15) is 40.2 Å². The van der Waals surface area contributed by atoms with Gasteiger partial charge in [0.2, 0.25) is 5.91 Å². The molecule has 1 heterocycles. The number of amides is 2. The van der Waals surface area contributed by atoms with Crippen LogP contribution in [0, 0.1) is 13.8 Å². The summed E-state index contributed by atoms with van der Waals surface area (Å²) in [7, 11) is 1.58. The Morgan fingerprint density at radius 3 is 2.36 bits per heavy atom. The lowest BCUT2D eigenvalue weighted by molar-refractivity contribution is -0.129. The van der Waals surface area contributed by atoms with E-state index in [4.69, 9.17) is 9.47 Å². The maximum Gasteiger partial charge on any atom is 0.342 e. The van der Waals surface area contributed by atoms with Crippen LogP contribution in [0.4, 0.5) is 5.00 Å². The minimum Gasteiger partial charge on any atom is -0.497 e. The molecular formula is C20H24N2O5S. The number of anilines is 1. The highest BCUT2D eigenvalue weighted by Crippen LogP contribution is 2.33. The molecule has 1 atom stereocenters. The summed E-state index contributed by atoms with van der Waals surface area (Å²) in [5.41, 5.74) is 1.90. The lowest BCUT2D eigenvalue weighted by atomic mass is 10.1. The van der Waals surface area contributed by atoms with Crippen LogP contribution >= 0.6 is 11.3 Å². The summed E-state index contributed by atoms with van der Waals surface area (Å²) in [4.78, 5) is 37.1. The zero-order valence-corrected chi connectivity index (χ0v) is 17.4. The molecule has 0 fully saturated rings. The molecule has 2 aromatic rings. The Labute approximate surface area is 168 Å². The Bertz CT molecular complexity index is 873. The van der Waals surface area contributed by atoms with Gasteiger partial charge in [-0.1, -0.05) is 12.1 Å². The number of carbonyl (C=O) groups is 3. The number of methoxy groups -OCH3 is 1. The van der Waals surface area contributed by atoms with Gasteiger partial charge in [0.1, 0.15) is 10.8 Å². The molecule has 8 heteroatoms. The Hall–Kier alpha value is -2.87. The minimum atomic E-state index is -0.976. The van der Waals surface area contributed by atoms with Crippen LogP contribution in [-0.2, 0) is 20.9 Å². The van der Waals surface area contributed by atoms with Crippen molar-refractivity contribution >= 4 is 34.1 Å². The molecule has 150 valence electrons. The molecule has 0 aliphatic heterocycles. The van der Waals surface area contributed by atoms with Crippen molar-refractivity contribution in [3.05, 3.63) is 45.8 Å². The summed E-state index contributed by atoms with van der Waals surface area (Å²) < 4.78 is 10.4. The van der Waals surface area contributed by atoms with Gasteiger partial charge in [0.25, 0.3) is 5.91 Å². The lowest BCUT2D eigenvalue weighted by Gasteiger charge is -2.14. The van der Waals surface area contributed by atoms with Crippen molar-refractivity contribution in [1.29, 1.82) is 0 Å². The van der Waals surface area contributed by atoms with E-state index in [0.717, 1.165) is 21.8 Å². The molecule has 0 unspecified atom stereocenters. The van der Waals surface area contributed by atoms with Crippen LogP contribution in [0.15, 0.2) is 24.3 Å². The number of carbonyl (C=O) groups excluding carboxylic acids is 3. The van der Waals surface area contributed by atoms with Crippen molar-refractivity contribution in [2.45, 2.75) is 40.3 Å². The molecule has 2 amide bonds. The normalized spacial score (nSPS) is 11.5. The summed E-state index contributed by atoms with van der Waals surface area (Å²) in [5.74, 6) is -0.595. The molecule has 0 aliphatic carbocycles. The minimum absolute atomic E-state index is 0.277. The van der Waals surface area contributed by atoms with Crippen LogP contribution < -0.4 is 15.4 Å². The van der Waals surface area contributed by atoms with Gasteiger partial charge in [-0.25, -0.2) is 4.79 Å². The van der Waals surface area contributed by atoms with Crippen LogP contribution in [0.3, 0.4) is 0 Å². The topological polar surface area (TPSA) is 93.7 Å². The fourth-order valence-corrected chi connectivity index (χ4v) is 3.56. The van der Waals surface area contributed by atoms with Gasteiger partial charge in [-0.05, 0) is 44.0 Å². The molecule has 0 bridgehead atoms. The quantitative estimate of drug-likeness (QED) is 0.691. The van der Waals surface area contributed by atoms with E-state index in [1.807, 2.05) is 19.1 Å². The molecule has 2 rings (SSSR count). The van der Waals surface area contributed by atoms with E-state index in [0.29, 0.717) is 11.5 Å². The maximum atomic E-state index is 12.6. The highest BCUT2D eigenvalue weighted by Gasteiger charge is 2.25. The van der Waals surface area contributed by atoms with E-state index in [1.54, 1.807) is 26.2 Å². The predicted molar refractivity (Wildman–Crippen MR) is 108 cm³/mol. The molecule has 0 saturated heterocycles. The monoisotopic (exact) mass is 404 g/mol. The summed E-state index contributed by atoms with van der Waals surface area (Å²) in [5, 5.41) is 5.81. The van der Waals surface area contributed by atoms with Gasteiger partial charge in [-0.3, -0.25) is 9.59 Å². The summed E-state index contributed by atoms with van der Waals surface area (Å²) in [6.45, 7) is 6.82. The largest absolute Gasteiger partial charge is 0.497 e. The van der Waals surface area contributed by atoms with E-state index in [-0.39, 0.29) is 11.5 Å². The van der Waals surface area contributed by atoms with E-state index in [9.17, 15) is 14.4 Å². The number of hydrogen-bond donors (Lipinski definition) is 2. The first kappa shape index (κ1) is 21.4. The van der Waals surface area contributed by atoms with Gasteiger partial charge < -0.3 is 20.1 Å². The van der Waals surface area contributed by atoms with Gasteiger partial charge in [0, 0.05) is 18.3 Å². The fraction of sp³-hybridized carbons (Fsp3) is 0.350. The number of rotatable bonds is 7. The van der Waals surface area contributed by atoms with Crippen molar-refractivity contribution in [3.63, 3.8) is 0 Å². The van der Waals surface area contributed by atoms with Gasteiger partial charge in [-0.15, -0.1) is 11.3 Å². The smallest absolute Gasteiger partial charge is 0.342 e. The van der Waals surface area contributed by atoms with E-state index in [2.05, 4.69) is 10.6 Å². The van der Waals surface area contributed by atoms with E-state index in [1.165, 1.54) is 25.2 Å². The van der Waals surface area contributed by atoms with Crippen LogP contribution in [0.2, 0.25) is 0 Å². The van der Waals surface area contributed by atoms with Crippen LogP contribution in [-0.4, -0.2) is 31.0 Å². The average molecular weight is 404 g/mol. The molecule has 2 N–H and O–H groups in total. The average Bonchev–Trinajstić information content (AvgIpc) is 2.92. The first-order valence-electron chi connectivity index (χ1n) is 8.72. The molecule has 0 saturated carbocycles. The zero-order valence-electron chi connectivity index (χ0n) is 16.5. The molecule has 1 aromatic heterocycles. The van der Waals surface area contributed by atoms with Crippen molar-refractivity contribution in [2.75, 3.05) is 12.4 Å². The maximum absolute atomic E-state index is 12.6. The van der Waals surface area contributed by atoms with Gasteiger partial charge >= 0.3 is 5.97 Å². The molecule has 1 aromatic carbocycles. The SMILES string of the molecule is COc1ccc(CNC(=O)[C@@H](C)OC(=O)c2c(NC(C)=O)sc(C)c2C)cc1. The number of benzene rings is 1. The second-order valence-electron chi connectivity index (χ2n) is 6.28. The molecule has 0 aliphatic rings. The van der Waals surface area contributed by atoms with Crippen molar-refractivity contribution in [2.24, 2.45) is 0 Å². The Kier molecular flexibility index (Phi) is 7.17. The Morgan fingerprint density at radius 2 is 1.79 bits per heavy atom. The number of nitrogens with one attached hydrogen (secondary N) is 2.